The summed E-state index contributed by atoms with van der Waals surface area (Å²) in [5.41, 5.74) is 6.47. The van der Waals surface area contributed by atoms with Gasteiger partial charge in [0.15, 0.2) is 11.5 Å². The highest BCUT2D eigenvalue weighted by Gasteiger charge is 2.08. The molecule has 2 rings (SSSR count). The van der Waals surface area contributed by atoms with Crippen LogP contribution in [0, 0.1) is 0 Å². The van der Waals surface area contributed by atoms with E-state index in [1.54, 1.807) is 22.7 Å². The summed E-state index contributed by atoms with van der Waals surface area (Å²) in [6.07, 6.45) is 1.76. The van der Waals surface area contributed by atoms with Crippen LogP contribution in [0.2, 0.25) is 5.02 Å². The SMILES string of the molecule is CC(N)c1nnc2ccc(Cl)cn12. The molecule has 2 aromatic heterocycles. The molecule has 0 saturated carbocycles. The third kappa shape index (κ3) is 1.38. The van der Waals surface area contributed by atoms with Crippen LogP contribution in [0.25, 0.3) is 5.65 Å². The minimum atomic E-state index is -0.145. The molecule has 1 atom stereocenters. The molecule has 4 nitrogen and oxygen atoms in total. The van der Waals surface area contributed by atoms with E-state index in [-0.39, 0.29) is 6.04 Å². The Labute approximate surface area is 80.3 Å². The van der Waals surface area contributed by atoms with Crippen molar-refractivity contribution in [2.24, 2.45) is 5.73 Å². The zero-order chi connectivity index (χ0) is 9.42. The molecular weight excluding hydrogens is 188 g/mol. The Morgan fingerprint density at radius 1 is 1.46 bits per heavy atom. The first kappa shape index (κ1) is 8.47. The molecule has 0 amide bonds. The van der Waals surface area contributed by atoms with E-state index in [1.807, 2.05) is 6.92 Å². The predicted octanol–water partition coefficient (Wildman–Crippen LogP) is 1.40. The van der Waals surface area contributed by atoms with Gasteiger partial charge in [0, 0.05) is 6.20 Å². The Morgan fingerprint density at radius 3 is 2.92 bits per heavy atom. The van der Waals surface area contributed by atoms with Crippen molar-refractivity contribution >= 4 is 17.2 Å². The summed E-state index contributed by atoms with van der Waals surface area (Å²) in [6, 6.07) is 3.44. The normalized spacial score (nSPS) is 13.5. The predicted molar refractivity (Wildman–Crippen MR) is 50.6 cm³/mol. The van der Waals surface area contributed by atoms with Crippen LogP contribution in [0.5, 0.6) is 0 Å². The first-order chi connectivity index (χ1) is 6.18. The topological polar surface area (TPSA) is 56.2 Å². The van der Waals surface area contributed by atoms with E-state index < -0.39 is 0 Å². The Hall–Kier alpha value is -1.13. The summed E-state index contributed by atoms with van der Waals surface area (Å²) in [7, 11) is 0. The van der Waals surface area contributed by atoms with E-state index >= 15 is 0 Å². The van der Waals surface area contributed by atoms with Crippen LogP contribution >= 0.6 is 11.6 Å². The number of nitrogens with zero attached hydrogens (tertiary/aromatic N) is 3. The van der Waals surface area contributed by atoms with Gasteiger partial charge < -0.3 is 5.73 Å². The maximum absolute atomic E-state index is 5.84. The van der Waals surface area contributed by atoms with Crippen molar-refractivity contribution in [1.29, 1.82) is 0 Å². The molecular formula is C8H9ClN4. The van der Waals surface area contributed by atoms with Crippen molar-refractivity contribution in [1.82, 2.24) is 14.6 Å². The van der Waals surface area contributed by atoms with Gasteiger partial charge >= 0.3 is 0 Å². The maximum Gasteiger partial charge on any atom is 0.160 e. The van der Waals surface area contributed by atoms with Crippen LogP contribution in [0.1, 0.15) is 18.8 Å². The molecule has 5 heteroatoms. The Morgan fingerprint density at radius 2 is 2.23 bits per heavy atom. The zero-order valence-electron chi connectivity index (χ0n) is 7.11. The standard InChI is InChI=1S/C8H9ClN4/c1-5(10)8-12-11-7-3-2-6(9)4-13(7)8/h2-5H,10H2,1H3. The molecule has 2 N–H and O–H groups in total. The molecule has 0 radical (unpaired) electrons. The monoisotopic (exact) mass is 196 g/mol. The fraction of sp³-hybridized carbons (Fsp3) is 0.250. The van der Waals surface area contributed by atoms with Gasteiger partial charge in [-0.1, -0.05) is 11.6 Å². The summed E-state index contributed by atoms with van der Waals surface area (Å²) in [5.74, 6) is 0.720. The second-order valence-corrected chi connectivity index (χ2v) is 3.36. The van der Waals surface area contributed by atoms with Crippen molar-refractivity contribution in [2.75, 3.05) is 0 Å². The van der Waals surface area contributed by atoms with Gasteiger partial charge in [-0.25, -0.2) is 0 Å². The van der Waals surface area contributed by atoms with Crippen molar-refractivity contribution in [3.63, 3.8) is 0 Å². The number of halogens is 1. The molecule has 2 aromatic rings. The van der Waals surface area contributed by atoms with Gasteiger partial charge in [-0.15, -0.1) is 10.2 Å². The molecule has 0 aromatic carbocycles. The lowest BCUT2D eigenvalue weighted by atomic mass is 10.3. The van der Waals surface area contributed by atoms with Crippen LogP contribution in [-0.2, 0) is 0 Å². The molecule has 0 spiro atoms. The van der Waals surface area contributed by atoms with E-state index in [2.05, 4.69) is 10.2 Å². The lowest BCUT2D eigenvalue weighted by molar-refractivity contribution is 0.726. The highest BCUT2D eigenvalue weighted by Crippen LogP contribution is 2.13. The van der Waals surface area contributed by atoms with Gasteiger partial charge in [0.1, 0.15) is 0 Å². The summed E-state index contributed by atoms with van der Waals surface area (Å²) in [6.45, 7) is 1.86. The summed E-state index contributed by atoms with van der Waals surface area (Å²) >= 11 is 5.84. The van der Waals surface area contributed by atoms with Crippen LogP contribution in [0.15, 0.2) is 18.3 Å². The Balaban J connectivity index is 2.71. The van der Waals surface area contributed by atoms with Crippen LogP contribution < -0.4 is 5.73 Å². The second-order valence-electron chi connectivity index (χ2n) is 2.92. The quantitative estimate of drug-likeness (QED) is 0.750. The average Bonchev–Trinajstić information content (AvgIpc) is 2.46. The summed E-state index contributed by atoms with van der Waals surface area (Å²) in [5, 5.41) is 8.57. The van der Waals surface area contributed by atoms with E-state index in [9.17, 15) is 0 Å². The molecule has 0 aliphatic carbocycles. The smallest absolute Gasteiger partial charge is 0.160 e. The van der Waals surface area contributed by atoms with Crippen molar-refractivity contribution < 1.29 is 0 Å². The van der Waals surface area contributed by atoms with E-state index in [0.717, 1.165) is 11.5 Å². The highest BCUT2D eigenvalue weighted by molar-refractivity contribution is 6.30. The number of fused-ring (bicyclic) bond motifs is 1. The molecule has 0 aliphatic heterocycles. The first-order valence-electron chi connectivity index (χ1n) is 3.94. The lowest BCUT2D eigenvalue weighted by Gasteiger charge is -2.02. The lowest BCUT2D eigenvalue weighted by Crippen LogP contribution is -2.09. The maximum atomic E-state index is 5.84. The van der Waals surface area contributed by atoms with Crippen molar-refractivity contribution in [3.05, 3.63) is 29.2 Å². The second kappa shape index (κ2) is 2.97. The Bertz CT molecular complexity index is 435. The van der Waals surface area contributed by atoms with E-state index in [4.69, 9.17) is 17.3 Å². The van der Waals surface area contributed by atoms with Gasteiger partial charge in [-0.3, -0.25) is 4.40 Å². The molecule has 0 fully saturated rings. The summed E-state index contributed by atoms with van der Waals surface area (Å²) in [4.78, 5) is 0. The first-order valence-corrected chi connectivity index (χ1v) is 4.32. The van der Waals surface area contributed by atoms with E-state index in [0.29, 0.717) is 5.02 Å². The number of aromatic nitrogens is 3. The van der Waals surface area contributed by atoms with Gasteiger partial charge in [0.25, 0.3) is 0 Å². The average molecular weight is 197 g/mol. The largest absolute Gasteiger partial charge is 0.322 e. The molecule has 0 bridgehead atoms. The minimum Gasteiger partial charge on any atom is -0.322 e. The number of hydrogen-bond acceptors (Lipinski definition) is 3. The highest BCUT2D eigenvalue weighted by atomic mass is 35.5. The van der Waals surface area contributed by atoms with Gasteiger partial charge in [-0.05, 0) is 19.1 Å². The fourth-order valence-electron chi connectivity index (χ4n) is 1.19. The van der Waals surface area contributed by atoms with Crippen molar-refractivity contribution in [3.8, 4) is 0 Å². The van der Waals surface area contributed by atoms with Crippen molar-refractivity contribution in [2.45, 2.75) is 13.0 Å². The zero-order valence-corrected chi connectivity index (χ0v) is 7.86. The van der Waals surface area contributed by atoms with Crippen LogP contribution in [-0.4, -0.2) is 14.6 Å². The third-order valence-corrected chi connectivity index (χ3v) is 2.02. The van der Waals surface area contributed by atoms with Crippen LogP contribution in [0.3, 0.4) is 0 Å². The molecule has 0 saturated heterocycles. The summed E-state index contributed by atoms with van der Waals surface area (Å²) < 4.78 is 1.80. The molecule has 0 aliphatic rings. The van der Waals surface area contributed by atoms with Gasteiger partial charge in [0.2, 0.25) is 0 Å². The minimum absolute atomic E-state index is 0.145. The number of rotatable bonds is 1. The fourth-order valence-corrected chi connectivity index (χ4v) is 1.35. The molecule has 68 valence electrons. The van der Waals surface area contributed by atoms with Gasteiger partial charge in [-0.2, -0.15) is 0 Å². The molecule has 1 unspecified atom stereocenters. The number of nitrogens with two attached hydrogens (primary N) is 1. The molecule has 2 heterocycles. The third-order valence-electron chi connectivity index (χ3n) is 1.80. The molecule has 13 heavy (non-hydrogen) atoms. The Kier molecular flexibility index (Phi) is 1.94. The van der Waals surface area contributed by atoms with E-state index in [1.165, 1.54) is 0 Å². The number of pyridine rings is 1. The van der Waals surface area contributed by atoms with Gasteiger partial charge in [0.05, 0.1) is 11.1 Å². The number of hydrogen-bond donors (Lipinski definition) is 1. The van der Waals surface area contributed by atoms with Crippen LogP contribution in [0.4, 0.5) is 0 Å².